The molecule has 0 unspecified atom stereocenters. The summed E-state index contributed by atoms with van der Waals surface area (Å²) in [5.74, 6) is -0.466. The highest BCUT2D eigenvalue weighted by atomic mass is 16.5. The Bertz CT molecular complexity index is 741. The summed E-state index contributed by atoms with van der Waals surface area (Å²) in [5, 5.41) is 6.31. The summed E-state index contributed by atoms with van der Waals surface area (Å²) in [6, 6.07) is 17.2. The summed E-state index contributed by atoms with van der Waals surface area (Å²) < 4.78 is 5.70. The third-order valence-corrected chi connectivity index (χ3v) is 3.39. The van der Waals surface area contributed by atoms with Crippen LogP contribution < -0.4 is 15.5 Å². The maximum atomic E-state index is 11.6. The monoisotopic (exact) mass is 353 g/mol. The van der Waals surface area contributed by atoms with E-state index < -0.39 is 11.8 Å². The molecule has 0 saturated heterocycles. The van der Waals surface area contributed by atoms with E-state index in [0.717, 1.165) is 16.9 Å². The van der Waals surface area contributed by atoms with Gasteiger partial charge in [-0.15, -0.1) is 0 Å². The summed E-state index contributed by atoms with van der Waals surface area (Å²) in [6.07, 6.45) is 1.47. The summed E-state index contributed by atoms with van der Waals surface area (Å²) in [6.45, 7) is 4.84. The molecule has 0 aliphatic heterocycles. The van der Waals surface area contributed by atoms with Crippen LogP contribution in [0.1, 0.15) is 25.0 Å². The van der Waals surface area contributed by atoms with Crippen LogP contribution in [0.2, 0.25) is 0 Å². The zero-order valence-electron chi connectivity index (χ0n) is 14.9. The number of rotatable bonds is 7. The molecule has 2 aromatic rings. The van der Waals surface area contributed by atoms with Gasteiger partial charge in [0.1, 0.15) is 12.4 Å². The number of hydrogen-bond acceptors (Lipinski definition) is 4. The largest absolute Gasteiger partial charge is 0.489 e. The van der Waals surface area contributed by atoms with Gasteiger partial charge in [-0.3, -0.25) is 9.59 Å². The highest BCUT2D eigenvalue weighted by Gasteiger charge is 2.11. The SMILES string of the molecule is CC(C)CNC(=O)C(=O)N/N=C/c1ccc(OCc2ccccc2)cc1. The van der Waals surface area contributed by atoms with Crippen molar-refractivity contribution in [2.45, 2.75) is 20.5 Å². The number of benzene rings is 2. The Morgan fingerprint density at radius 2 is 1.73 bits per heavy atom. The minimum absolute atomic E-state index is 0.276. The molecular formula is C20H23N3O3. The second kappa shape index (κ2) is 9.98. The smallest absolute Gasteiger partial charge is 0.329 e. The van der Waals surface area contributed by atoms with Crippen LogP contribution in [-0.2, 0) is 16.2 Å². The lowest BCUT2D eigenvalue weighted by atomic mass is 10.2. The van der Waals surface area contributed by atoms with Gasteiger partial charge in [-0.05, 0) is 41.3 Å². The minimum atomic E-state index is -0.787. The standard InChI is InChI=1S/C20H23N3O3/c1-15(2)12-21-19(24)20(25)23-22-13-16-8-10-18(11-9-16)26-14-17-6-4-3-5-7-17/h3-11,13,15H,12,14H2,1-2H3,(H,21,24)(H,23,25)/b22-13+. The third-order valence-electron chi connectivity index (χ3n) is 3.39. The second-order valence-electron chi connectivity index (χ2n) is 6.15. The second-order valence-corrected chi connectivity index (χ2v) is 6.15. The Hall–Kier alpha value is -3.15. The lowest BCUT2D eigenvalue weighted by Crippen LogP contribution is -2.39. The number of carbonyl (C=O) groups excluding carboxylic acids is 2. The summed E-state index contributed by atoms with van der Waals surface area (Å²) in [5.41, 5.74) is 4.07. The van der Waals surface area contributed by atoms with Gasteiger partial charge in [0.2, 0.25) is 0 Å². The van der Waals surface area contributed by atoms with E-state index in [9.17, 15) is 9.59 Å². The van der Waals surface area contributed by atoms with Gasteiger partial charge in [-0.1, -0.05) is 44.2 Å². The zero-order chi connectivity index (χ0) is 18.8. The first kappa shape index (κ1) is 19.2. The van der Waals surface area contributed by atoms with Crippen molar-refractivity contribution in [2.75, 3.05) is 6.54 Å². The number of nitrogens with zero attached hydrogens (tertiary/aromatic N) is 1. The number of amides is 2. The van der Waals surface area contributed by atoms with Gasteiger partial charge in [0.25, 0.3) is 0 Å². The first-order chi connectivity index (χ1) is 12.5. The zero-order valence-corrected chi connectivity index (χ0v) is 14.9. The van der Waals surface area contributed by atoms with Gasteiger partial charge >= 0.3 is 11.8 Å². The Morgan fingerprint density at radius 3 is 2.38 bits per heavy atom. The predicted molar refractivity (Wildman–Crippen MR) is 101 cm³/mol. The number of hydrazone groups is 1. The molecule has 0 radical (unpaired) electrons. The molecule has 0 aliphatic rings. The van der Waals surface area contributed by atoms with E-state index in [1.54, 1.807) is 0 Å². The minimum Gasteiger partial charge on any atom is -0.489 e. The Morgan fingerprint density at radius 1 is 1.04 bits per heavy atom. The molecule has 0 fully saturated rings. The number of hydrogen-bond donors (Lipinski definition) is 2. The number of carbonyl (C=O) groups is 2. The van der Waals surface area contributed by atoms with Gasteiger partial charge in [-0.2, -0.15) is 5.10 Å². The predicted octanol–water partition coefficient (Wildman–Crippen LogP) is 2.49. The van der Waals surface area contributed by atoms with E-state index in [-0.39, 0.29) is 5.92 Å². The topological polar surface area (TPSA) is 79.8 Å². The molecule has 136 valence electrons. The van der Waals surface area contributed by atoms with Crippen LogP contribution in [0.15, 0.2) is 59.7 Å². The van der Waals surface area contributed by atoms with Crippen LogP contribution in [0, 0.1) is 5.92 Å². The third kappa shape index (κ3) is 6.76. The molecule has 2 amide bonds. The first-order valence-corrected chi connectivity index (χ1v) is 8.42. The highest BCUT2D eigenvalue weighted by molar-refractivity contribution is 6.35. The van der Waals surface area contributed by atoms with Crippen molar-refractivity contribution in [3.63, 3.8) is 0 Å². The van der Waals surface area contributed by atoms with E-state index in [1.807, 2.05) is 68.4 Å². The van der Waals surface area contributed by atoms with Crippen LogP contribution in [0.3, 0.4) is 0 Å². The average Bonchev–Trinajstić information content (AvgIpc) is 2.66. The van der Waals surface area contributed by atoms with E-state index in [1.165, 1.54) is 6.21 Å². The van der Waals surface area contributed by atoms with Crippen LogP contribution >= 0.6 is 0 Å². The lowest BCUT2D eigenvalue weighted by molar-refractivity contribution is -0.139. The fourth-order valence-electron chi connectivity index (χ4n) is 1.98. The highest BCUT2D eigenvalue weighted by Crippen LogP contribution is 2.13. The van der Waals surface area contributed by atoms with Crippen molar-refractivity contribution >= 4 is 18.0 Å². The molecular weight excluding hydrogens is 330 g/mol. The molecule has 0 heterocycles. The molecule has 0 aromatic heterocycles. The Balaban J connectivity index is 1.78. The van der Waals surface area contributed by atoms with E-state index in [0.29, 0.717) is 13.2 Å². The molecule has 2 aromatic carbocycles. The van der Waals surface area contributed by atoms with Gasteiger partial charge in [-0.25, -0.2) is 5.43 Å². The maximum absolute atomic E-state index is 11.6. The number of nitrogens with one attached hydrogen (secondary N) is 2. The van der Waals surface area contributed by atoms with Gasteiger partial charge in [0.15, 0.2) is 0 Å². The van der Waals surface area contributed by atoms with Crippen molar-refractivity contribution < 1.29 is 14.3 Å². The van der Waals surface area contributed by atoms with Crippen LogP contribution in [0.25, 0.3) is 0 Å². The Kier molecular flexibility index (Phi) is 7.36. The summed E-state index contributed by atoms with van der Waals surface area (Å²) >= 11 is 0. The molecule has 6 nitrogen and oxygen atoms in total. The lowest BCUT2D eigenvalue weighted by Gasteiger charge is -2.06. The molecule has 0 bridgehead atoms. The van der Waals surface area contributed by atoms with Gasteiger partial charge < -0.3 is 10.1 Å². The normalized spacial score (nSPS) is 10.7. The number of ether oxygens (including phenoxy) is 1. The van der Waals surface area contributed by atoms with Crippen LogP contribution in [0.5, 0.6) is 5.75 Å². The van der Waals surface area contributed by atoms with Gasteiger partial charge in [0.05, 0.1) is 6.21 Å². The van der Waals surface area contributed by atoms with Gasteiger partial charge in [0, 0.05) is 6.54 Å². The van der Waals surface area contributed by atoms with Crippen molar-refractivity contribution in [1.29, 1.82) is 0 Å². The quantitative estimate of drug-likeness (QED) is 0.456. The fraction of sp³-hybridized carbons (Fsp3) is 0.250. The summed E-state index contributed by atoms with van der Waals surface area (Å²) in [4.78, 5) is 23.1. The van der Waals surface area contributed by atoms with Crippen molar-refractivity contribution in [3.05, 3.63) is 65.7 Å². The average molecular weight is 353 g/mol. The summed E-state index contributed by atoms with van der Waals surface area (Å²) in [7, 11) is 0. The Labute approximate surface area is 153 Å². The molecule has 0 saturated carbocycles. The fourth-order valence-corrected chi connectivity index (χ4v) is 1.98. The van der Waals surface area contributed by atoms with Crippen molar-refractivity contribution in [2.24, 2.45) is 11.0 Å². The van der Waals surface area contributed by atoms with Crippen LogP contribution in [-0.4, -0.2) is 24.6 Å². The van der Waals surface area contributed by atoms with E-state index in [4.69, 9.17) is 4.74 Å². The maximum Gasteiger partial charge on any atom is 0.329 e. The van der Waals surface area contributed by atoms with Crippen molar-refractivity contribution in [1.82, 2.24) is 10.7 Å². The molecule has 0 aliphatic carbocycles. The molecule has 0 atom stereocenters. The molecule has 2 rings (SSSR count). The first-order valence-electron chi connectivity index (χ1n) is 8.42. The van der Waals surface area contributed by atoms with Crippen molar-refractivity contribution in [3.8, 4) is 5.75 Å². The molecule has 0 spiro atoms. The van der Waals surface area contributed by atoms with Crippen LogP contribution in [0.4, 0.5) is 0 Å². The van der Waals surface area contributed by atoms with E-state index >= 15 is 0 Å². The van der Waals surface area contributed by atoms with E-state index in [2.05, 4.69) is 15.8 Å². The molecule has 2 N–H and O–H groups in total. The molecule has 26 heavy (non-hydrogen) atoms. The molecule has 6 heteroatoms.